The fourth-order valence-corrected chi connectivity index (χ4v) is 3.52. The minimum atomic E-state index is 0.0742. The van der Waals surface area contributed by atoms with Crippen LogP contribution >= 0.6 is 0 Å². The van der Waals surface area contributed by atoms with E-state index in [1.807, 2.05) is 31.2 Å². The van der Waals surface area contributed by atoms with Gasteiger partial charge in [-0.3, -0.25) is 0 Å². The highest BCUT2D eigenvalue weighted by molar-refractivity contribution is 5.61. The molecule has 130 valence electrons. The molecule has 0 spiro atoms. The molecule has 2 atom stereocenters. The Bertz CT molecular complexity index is 825. The van der Waals surface area contributed by atoms with E-state index < -0.39 is 0 Å². The quantitative estimate of drug-likeness (QED) is 0.819. The molecule has 2 aromatic rings. The third kappa shape index (κ3) is 2.82. The van der Waals surface area contributed by atoms with Crippen LogP contribution in [0.4, 0.5) is 0 Å². The SMILES string of the molecule is CC=Cc1cc(OC)c2c(c1)[C@H](C)[C@@H](Cc1ccc3c(c1)OCO3)O2. The second-order valence-corrected chi connectivity index (χ2v) is 6.48. The number of hydrogen-bond donors (Lipinski definition) is 0. The van der Waals surface area contributed by atoms with Gasteiger partial charge in [0.2, 0.25) is 6.79 Å². The van der Waals surface area contributed by atoms with Crippen LogP contribution in [-0.2, 0) is 6.42 Å². The predicted molar refractivity (Wildman–Crippen MR) is 96.8 cm³/mol. The van der Waals surface area contributed by atoms with Crippen molar-refractivity contribution < 1.29 is 18.9 Å². The lowest BCUT2D eigenvalue weighted by Crippen LogP contribution is -2.19. The number of fused-ring (bicyclic) bond motifs is 2. The molecule has 4 rings (SSSR count). The van der Waals surface area contributed by atoms with E-state index in [4.69, 9.17) is 18.9 Å². The highest BCUT2D eigenvalue weighted by atomic mass is 16.7. The van der Waals surface area contributed by atoms with Gasteiger partial charge in [-0.15, -0.1) is 0 Å². The molecule has 0 radical (unpaired) electrons. The van der Waals surface area contributed by atoms with Gasteiger partial charge in [0.1, 0.15) is 6.10 Å². The fraction of sp³-hybridized carbons (Fsp3) is 0.333. The van der Waals surface area contributed by atoms with E-state index in [0.29, 0.717) is 12.7 Å². The van der Waals surface area contributed by atoms with Gasteiger partial charge in [0.25, 0.3) is 0 Å². The van der Waals surface area contributed by atoms with Crippen LogP contribution in [0.3, 0.4) is 0 Å². The first kappa shape index (κ1) is 15.9. The monoisotopic (exact) mass is 338 g/mol. The minimum Gasteiger partial charge on any atom is -0.493 e. The molecule has 2 heterocycles. The van der Waals surface area contributed by atoms with Gasteiger partial charge >= 0.3 is 0 Å². The standard InChI is InChI=1S/C21H22O4/c1-4-5-14-8-16-13(2)18(25-21(16)20(11-14)22-3)9-15-6-7-17-19(10-15)24-12-23-17/h4-8,10-11,13,18H,9,12H2,1-3H3/t13-,18+/m0/s1. The van der Waals surface area contributed by atoms with E-state index in [0.717, 1.165) is 35.0 Å². The van der Waals surface area contributed by atoms with E-state index in [2.05, 4.69) is 25.1 Å². The number of methoxy groups -OCH3 is 1. The zero-order valence-electron chi connectivity index (χ0n) is 14.7. The van der Waals surface area contributed by atoms with Crippen LogP contribution < -0.4 is 18.9 Å². The molecule has 4 heteroatoms. The Kier molecular flexibility index (Phi) is 4.04. The molecule has 2 aliphatic rings. The summed E-state index contributed by atoms with van der Waals surface area (Å²) in [7, 11) is 1.69. The number of hydrogen-bond acceptors (Lipinski definition) is 4. The van der Waals surface area contributed by atoms with E-state index in [1.54, 1.807) is 7.11 Å². The van der Waals surface area contributed by atoms with Gasteiger partial charge in [-0.2, -0.15) is 0 Å². The van der Waals surface area contributed by atoms with E-state index in [9.17, 15) is 0 Å². The predicted octanol–water partition coefficient (Wildman–Crippen LogP) is 4.56. The van der Waals surface area contributed by atoms with Gasteiger partial charge in [0, 0.05) is 17.9 Å². The summed E-state index contributed by atoms with van der Waals surface area (Å²) in [6.07, 6.45) is 5.01. The largest absolute Gasteiger partial charge is 0.493 e. The van der Waals surface area contributed by atoms with Gasteiger partial charge in [-0.1, -0.05) is 25.1 Å². The molecule has 2 aliphatic heterocycles. The first-order valence-electron chi connectivity index (χ1n) is 8.59. The van der Waals surface area contributed by atoms with E-state index in [-0.39, 0.29) is 6.10 Å². The molecule has 0 aliphatic carbocycles. The topological polar surface area (TPSA) is 36.9 Å². The van der Waals surface area contributed by atoms with Crippen molar-refractivity contribution >= 4 is 6.08 Å². The zero-order valence-corrected chi connectivity index (χ0v) is 14.7. The Balaban J connectivity index is 1.60. The molecule has 0 unspecified atom stereocenters. The van der Waals surface area contributed by atoms with Crippen molar-refractivity contribution in [3.63, 3.8) is 0 Å². The van der Waals surface area contributed by atoms with Crippen molar-refractivity contribution in [3.8, 4) is 23.0 Å². The molecular weight excluding hydrogens is 316 g/mol. The average Bonchev–Trinajstić information content (AvgIpc) is 3.20. The highest BCUT2D eigenvalue weighted by Gasteiger charge is 2.34. The van der Waals surface area contributed by atoms with Crippen LogP contribution in [0.5, 0.6) is 23.0 Å². The number of allylic oxidation sites excluding steroid dienone is 1. The Labute approximate surface area is 148 Å². The summed E-state index contributed by atoms with van der Waals surface area (Å²) in [5.74, 6) is 3.58. The van der Waals surface area contributed by atoms with Gasteiger partial charge < -0.3 is 18.9 Å². The summed E-state index contributed by atoms with van der Waals surface area (Å²) < 4.78 is 22.7. The molecule has 2 aromatic carbocycles. The Morgan fingerprint density at radius 2 is 2.00 bits per heavy atom. The molecule has 0 saturated heterocycles. The summed E-state index contributed by atoms with van der Waals surface area (Å²) in [5.41, 5.74) is 3.53. The first-order valence-corrected chi connectivity index (χ1v) is 8.59. The maximum absolute atomic E-state index is 6.28. The lowest BCUT2D eigenvalue weighted by molar-refractivity contribution is 0.174. The lowest BCUT2D eigenvalue weighted by Gasteiger charge is -2.16. The lowest BCUT2D eigenvalue weighted by atomic mass is 9.92. The molecule has 25 heavy (non-hydrogen) atoms. The molecule has 4 nitrogen and oxygen atoms in total. The van der Waals surface area contributed by atoms with E-state index >= 15 is 0 Å². The Hall–Kier alpha value is -2.62. The van der Waals surface area contributed by atoms with Crippen LogP contribution in [0.25, 0.3) is 6.08 Å². The molecule has 0 aromatic heterocycles. The van der Waals surface area contributed by atoms with Crippen molar-refractivity contribution in [3.05, 3.63) is 53.1 Å². The van der Waals surface area contributed by atoms with Gasteiger partial charge in [0.15, 0.2) is 23.0 Å². The molecule has 0 fully saturated rings. The maximum atomic E-state index is 6.28. The van der Waals surface area contributed by atoms with E-state index in [1.165, 1.54) is 11.1 Å². The van der Waals surface area contributed by atoms with Crippen molar-refractivity contribution in [2.45, 2.75) is 32.3 Å². The van der Waals surface area contributed by atoms with Crippen LogP contribution in [0.1, 0.15) is 36.5 Å². The number of benzene rings is 2. The molecule has 0 bridgehead atoms. The third-order valence-electron chi connectivity index (χ3n) is 4.88. The summed E-state index contributed by atoms with van der Waals surface area (Å²) in [5, 5.41) is 0. The molecular formula is C21H22O4. The highest BCUT2D eigenvalue weighted by Crippen LogP contribution is 2.46. The maximum Gasteiger partial charge on any atom is 0.231 e. The van der Waals surface area contributed by atoms with Crippen LogP contribution in [0.15, 0.2) is 36.4 Å². The molecule has 0 N–H and O–H groups in total. The third-order valence-corrected chi connectivity index (χ3v) is 4.88. The van der Waals surface area contributed by atoms with Gasteiger partial charge in [0.05, 0.1) is 7.11 Å². The summed E-state index contributed by atoms with van der Waals surface area (Å²) in [4.78, 5) is 0. The fourth-order valence-electron chi connectivity index (χ4n) is 3.52. The van der Waals surface area contributed by atoms with Gasteiger partial charge in [-0.25, -0.2) is 0 Å². The summed E-state index contributed by atoms with van der Waals surface area (Å²) in [6.45, 7) is 4.52. The zero-order chi connectivity index (χ0) is 17.4. The second-order valence-electron chi connectivity index (χ2n) is 6.48. The molecule has 0 saturated carbocycles. The van der Waals surface area contributed by atoms with Crippen molar-refractivity contribution in [2.24, 2.45) is 0 Å². The average molecular weight is 338 g/mol. The van der Waals surface area contributed by atoms with Crippen molar-refractivity contribution in [1.29, 1.82) is 0 Å². The minimum absolute atomic E-state index is 0.0742. The first-order chi connectivity index (χ1) is 12.2. The molecule has 0 amide bonds. The number of rotatable bonds is 4. The summed E-state index contributed by atoms with van der Waals surface area (Å²) in [6, 6.07) is 10.3. The van der Waals surface area contributed by atoms with Crippen molar-refractivity contribution in [1.82, 2.24) is 0 Å². The smallest absolute Gasteiger partial charge is 0.231 e. The van der Waals surface area contributed by atoms with Crippen LogP contribution in [0, 0.1) is 0 Å². The van der Waals surface area contributed by atoms with Crippen LogP contribution in [-0.4, -0.2) is 20.0 Å². The van der Waals surface area contributed by atoms with Crippen molar-refractivity contribution in [2.75, 3.05) is 13.9 Å². The summed E-state index contributed by atoms with van der Waals surface area (Å²) >= 11 is 0. The van der Waals surface area contributed by atoms with Gasteiger partial charge in [-0.05, 0) is 42.3 Å². The second kappa shape index (κ2) is 6.36. The Morgan fingerprint density at radius 1 is 1.16 bits per heavy atom. The Morgan fingerprint density at radius 3 is 2.80 bits per heavy atom. The normalized spacial score (nSPS) is 20.6. The van der Waals surface area contributed by atoms with Crippen LogP contribution in [0.2, 0.25) is 0 Å². The number of ether oxygens (including phenoxy) is 4.